The molecule has 1 aromatic rings. The van der Waals surface area contributed by atoms with Gasteiger partial charge in [-0.05, 0) is 12.5 Å². The number of anilines is 1. The van der Waals surface area contributed by atoms with Crippen molar-refractivity contribution < 1.29 is 5.11 Å². The lowest BCUT2D eigenvalue weighted by molar-refractivity contribution is 0.282. The van der Waals surface area contributed by atoms with Gasteiger partial charge in [0, 0.05) is 24.8 Å². The van der Waals surface area contributed by atoms with Gasteiger partial charge in [-0.15, -0.1) is 0 Å². The van der Waals surface area contributed by atoms with Crippen molar-refractivity contribution in [1.29, 1.82) is 0 Å². The minimum absolute atomic E-state index is 0.0814. The molecule has 1 aliphatic heterocycles. The van der Waals surface area contributed by atoms with E-state index in [9.17, 15) is 5.11 Å². The third kappa shape index (κ3) is 1.77. The Hall–Kier alpha value is -1.35. The van der Waals surface area contributed by atoms with Crippen molar-refractivity contribution in [1.82, 2.24) is 4.98 Å². The van der Waals surface area contributed by atoms with E-state index < -0.39 is 0 Å². The highest BCUT2D eigenvalue weighted by Crippen LogP contribution is 2.20. The Morgan fingerprint density at radius 1 is 1.43 bits per heavy atom. The molecule has 0 unspecified atom stereocenters. The highest BCUT2D eigenvalue weighted by molar-refractivity contribution is 5.52. The monoisotopic (exact) mass is 190 g/mol. The summed E-state index contributed by atoms with van der Waals surface area (Å²) in [6, 6.07) is 1.87. The van der Waals surface area contributed by atoms with Gasteiger partial charge < -0.3 is 10.0 Å². The summed E-state index contributed by atoms with van der Waals surface area (Å²) in [4.78, 5) is 6.33. The van der Waals surface area contributed by atoms with Crippen LogP contribution in [0.5, 0.6) is 0 Å². The van der Waals surface area contributed by atoms with Crippen molar-refractivity contribution in [2.75, 3.05) is 18.0 Å². The van der Waals surface area contributed by atoms with Crippen molar-refractivity contribution in [3.8, 4) is 0 Å². The molecule has 0 bridgehead atoms. The van der Waals surface area contributed by atoms with Crippen LogP contribution in [0.4, 0.5) is 5.69 Å². The fourth-order valence-electron chi connectivity index (χ4n) is 1.69. The fourth-order valence-corrected chi connectivity index (χ4v) is 1.69. The van der Waals surface area contributed by atoms with Crippen molar-refractivity contribution >= 4 is 5.69 Å². The van der Waals surface area contributed by atoms with Gasteiger partial charge in [-0.2, -0.15) is 0 Å². The van der Waals surface area contributed by atoms with E-state index in [-0.39, 0.29) is 6.61 Å². The molecule has 0 saturated carbocycles. The third-order valence-corrected chi connectivity index (χ3v) is 2.46. The van der Waals surface area contributed by atoms with Gasteiger partial charge in [0.05, 0.1) is 18.5 Å². The first-order valence-electron chi connectivity index (χ1n) is 4.85. The van der Waals surface area contributed by atoms with Gasteiger partial charge in [-0.1, -0.05) is 12.2 Å². The molecule has 1 N–H and O–H groups in total. The first kappa shape index (κ1) is 9.21. The number of pyridine rings is 1. The zero-order chi connectivity index (χ0) is 9.80. The molecule has 0 amide bonds. The van der Waals surface area contributed by atoms with E-state index in [0.29, 0.717) is 0 Å². The number of hydrogen-bond donors (Lipinski definition) is 1. The molecule has 0 aromatic carbocycles. The zero-order valence-corrected chi connectivity index (χ0v) is 8.06. The Morgan fingerprint density at radius 2 is 2.36 bits per heavy atom. The molecule has 0 fully saturated rings. The van der Waals surface area contributed by atoms with Gasteiger partial charge in [0.15, 0.2) is 0 Å². The number of nitrogens with zero attached hydrogens (tertiary/aromatic N) is 2. The third-order valence-electron chi connectivity index (χ3n) is 2.46. The molecule has 0 aliphatic carbocycles. The summed E-state index contributed by atoms with van der Waals surface area (Å²) in [5, 5.41) is 9.18. The predicted molar refractivity (Wildman–Crippen MR) is 56.1 cm³/mol. The maximum Gasteiger partial charge on any atom is 0.0703 e. The van der Waals surface area contributed by atoms with E-state index in [4.69, 9.17) is 0 Å². The molecular weight excluding hydrogens is 176 g/mol. The number of aliphatic hydroxyl groups excluding tert-OH is 1. The lowest BCUT2D eigenvalue weighted by Crippen LogP contribution is -2.27. The number of aliphatic hydroxyl groups is 1. The lowest BCUT2D eigenvalue weighted by atomic mass is 10.2. The van der Waals surface area contributed by atoms with Gasteiger partial charge in [0.2, 0.25) is 0 Å². The second-order valence-corrected chi connectivity index (χ2v) is 3.37. The summed E-state index contributed by atoms with van der Waals surface area (Å²) in [5.74, 6) is 0. The first-order valence-corrected chi connectivity index (χ1v) is 4.85. The van der Waals surface area contributed by atoms with Gasteiger partial charge in [-0.25, -0.2) is 0 Å². The first-order chi connectivity index (χ1) is 6.92. The van der Waals surface area contributed by atoms with Crippen LogP contribution in [0.15, 0.2) is 30.6 Å². The Kier molecular flexibility index (Phi) is 2.79. The molecule has 3 nitrogen and oxygen atoms in total. The van der Waals surface area contributed by atoms with Crippen LogP contribution >= 0.6 is 0 Å². The topological polar surface area (TPSA) is 36.4 Å². The van der Waals surface area contributed by atoms with Crippen LogP contribution in [0.25, 0.3) is 0 Å². The molecule has 74 valence electrons. The summed E-state index contributed by atoms with van der Waals surface area (Å²) in [5.41, 5.74) is 2.01. The van der Waals surface area contributed by atoms with Crippen molar-refractivity contribution in [2.24, 2.45) is 0 Å². The quantitative estimate of drug-likeness (QED) is 0.715. The zero-order valence-electron chi connectivity index (χ0n) is 8.06. The summed E-state index contributed by atoms with van der Waals surface area (Å²) >= 11 is 0. The Balaban J connectivity index is 2.25. The minimum Gasteiger partial charge on any atom is -0.392 e. The maximum atomic E-state index is 9.18. The van der Waals surface area contributed by atoms with Crippen molar-refractivity contribution in [3.05, 3.63) is 36.2 Å². The molecular formula is C11H14N2O. The van der Waals surface area contributed by atoms with E-state index in [0.717, 1.165) is 30.8 Å². The number of hydrogen-bond acceptors (Lipinski definition) is 3. The normalized spacial score (nSPS) is 15.9. The molecule has 1 aromatic heterocycles. The Morgan fingerprint density at radius 3 is 3.07 bits per heavy atom. The van der Waals surface area contributed by atoms with E-state index in [1.165, 1.54) is 0 Å². The second kappa shape index (κ2) is 4.24. The Labute approximate surface area is 83.7 Å². The largest absolute Gasteiger partial charge is 0.392 e. The van der Waals surface area contributed by atoms with E-state index >= 15 is 0 Å². The van der Waals surface area contributed by atoms with Gasteiger partial charge >= 0.3 is 0 Å². The van der Waals surface area contributed by atoms with Crippen LogP contribution in [-0.4, -0.2) is 23.2 Å². The van der Waals surface area contributed by atoms with Crippen LogP contribution in [0.2, 0.25) is 0 Å². The lowest BCUT2D eigenvalue weighted by Gasteiger charge is -2.26. The SMILES string of the molecule is OCc1ccncc1N1CC=CCC1. The molecule has 1 aliphatic rings. The van der Waals surface area contributed by atoms with E-state index in [1.54, 1.807) is 6.20 Å². The molecule has 2 heterocycles. The highest BCUT2D eigenvalue weighted by atomic mass is 16.3. The fraction of sp³-hybridized carbons (Fsp3) is 0.364. The average molecular weight is 190 g/mol. The molecule has 0 spiro atoms. The summed E-state index contributed by atoms with van der Waals surface area (Å²) in [7, 11) is 0. The number of aromatic nitrogens is 1. The summed E-state index contributed by atoms with van der Waals surface area (Å²) in [6.07, 6.45) is 8.95. The Bertz CT molecular complexity index is 336. The van der Waals surface area contributed by atoms with Crippen molar-refractivity contribution in [3.63, 3.8) is 0 Å². The minimum atomic E-state index is 0.0814. The van der Waals surface area contributed by atoms with Gasteiger partial charge in [0.1, 0.15) is 0 Å². The highest BCUT2D eigenvalue weighted by Gasteiger charge is 2.10. The predicted octanol–water partition coefficient (Wildman–Crippen LogP) is 1.34. The van der Waals surface area contributed by atoms with Gasteiger partial charge in [0.25, 0.3) is 0 Å². The van der Waals surface area contributed by atoms with E-state index in [1.807, 2.05) is 12.3 Å². The van der Waals surface area contributed by atoms with Crippen LogP contribution in [-0.2, 0) is 6.61 Å². The van der Waals surface area contributed by atoms with Crippen LogP contribution < -0.4 is 4.90 Å². The average Bonchev–Trinajstić information content (AvgIpc) is 2.30. The summed E-state index contributed by atoms with van der Waals surface area (Å²) in [6.45, 7) is 2.01. The van der Waals surface area contributed by atoms with Gasteiger partial charge in [-0.3, -0.25) is 4.98 Å². The van der Waals surface area contributed by atoms with Crippen LogP contribution in [0.3, 0.4) is 0 Å². The van der Waals surface area contributed by atoms with E-state index in [2.05, 4.69) is 22.0 Å². The summed E-state index contributed by atoms with van der Waals surface area (Å²) < 4.78 is 0. The van der Waals surface area contributed by atoms with Crippen LogP contribution in [0.1, 0.15) is 12.0 Å². The second-order valence-electron chi connectivity index (χ2n) is 3.37. The standard InChI is InChI=1S/C11H14N2O/c14-9-10-4-5-12-8-11(10)13-6-2-1-3-7-13/h1-2,4-5,8,14H,3,6-7,9H2. The van der Waals surface area contributed by atoms with Crippen LogP contribution in [0, 0.1) is 0 Å². The molecule has 0 atom stereocenters. The van der Waals surface area contributed by atoms with Crippen molar-refractivity contribution in [2.45, 2.75) is 13.0 Å². The molecule has 3 heteroatoms. The smallest absolute Gasteiger partial charge is 0.0703 e. The molecule has 2 rings (SSSR count). The molecule has 0 saturated heterocycles. The maximum absolute atomic E-state index is 9.18. The number of rotatable bonds is 2. The molecule has 14 heavy (non-hydrogen) atoms. The molecule has 0 radical (unpaired) electrons.